The van der Waals surface area contributed by atoms with Crippen molar-refractivity contribution in [2.75, 3.05) is 19.8 Å². The second kappa shape index (κ2) is 5.28. The molecule has 0 spiro atoms. The Labute approximate surface area is 91.8 Å². The van der Waals surface area contributed by atoms with Gasteiger partial charge in [-0.3, -0.25) is 0 Å². The van der Waals surface area contributed by atoms with E-state index in [-0.39, 0.29) is 11.7 Å². The predicted octanol–water partition coefficient (Wildman–Crippen LogP) is 2.08. The largest absolute Gasteiger partial charge is 0.396 e. The van der Waals surface area contributed by atoms with Crippen LogP contribution in [0, 0.1) is 5.41 Å². The SMILES string of the molecule is OCC1(CCOC2CCCCO2)CCC1. The summed E-state index contributed by atoms with van der Waals surface area (Å²) in [5.74, 6) is 0. The fourth-order valence-electron chi connectivity index (χ4n) is 2.41. The summed E-state index contributed by atoms with van der Waals surface area (Å²) in [4.78, 5) is 0. The third-order valence-corrected chi connectivity index (χ3v) is 3.82. The zero-order valence-corrected chi connectivity index (χ0v) is 9.41. The lowest BCUT2D eigenvalue weighted by molar-refractivity contribution is -0.169. The van der Waals surface area contributed by atoms with E-state index in [1.165, 1.54) is 32.1 Å². The summed E-state index contributed by atoms with van der Waals surface area (Å²) in [6.45, 7) is 1.91. The van der Waals surface area contributed by atoms with Crippen molar-refractivity contribution in [3.63, 3.8) is 0 Å². The molecular formula is C12H22O3. The van der Waals surface area contributed by atoms with E-state index in [1.807, 2.05) is 0 Å². The molecule has 0 radical (unpaired) electrons. The van der Waals surface area contributed by atoms with Crippen molar-refractivity contribution >= 4 is 0 Å². The van der Waals surface area contributed by atoms with Crippen LogP contribution in [0.5, 0.6) is 0 Å². The monoisotopic (exact) mass is 214 g/mol. The van der Waals surface area contributed by atoms with Gasteiger partial charge < -0.3 is 14.6 Å². The summed E-state index contributed by atoms with van der Waals surface area (Å²) in [6.07, 6.45) is 8.03. The Morgan fingerprint density at radius 3 is 2.67 bits per heavy atom. The molecule has 0 amide bonds. The number of rotatable bonds is 5. The van der Waals surface area contributed by atoms with Gasteiger partial charge in [0.1, 0.15) is 0 Å². The van der Waals surface area contributed by atoms with Gasteiger partial charge in [0, 0.05) is 13.2 Å². The van der Waals surface area contributed by atoms with E-state index < -0.39 is 0 Å². The standard InChI is InChI=1S/C12H22O3/c13-10-12(5-3-6-12)7-9-15-11-4-1-2-8-14-11/h11,13H,1-10H2. The molecule has 0 aromatic carbocycles. The summed E-state index contributed by atoms with van der Waals surface area (Å²) in [5, 5.41) is 9.29. The lowest BCUT2D eigenvalue weighted by Crippen LogP contribution is -2.35. The first-order valence-corrected chi connectivity index (χ1v) is 6.19. The van der Waals surface area contributed by atoms with E-state index in [1.54, 1.807) is 0 Å². The van der Waals surface area contributed by atoms with Crippen molar-refractivity contribution in [2.45, 2.75) is 51.2 Å². The summed E-state index contributed by atoms with van der Waals surface area (Å²) in [6, 6.07) is 0. The molecule has 0 aromatic heterocycles. The van der Waals surface area contributed by atoms with E-state index in [4.69, 9.17) is 9.47 Å². The summed E-state index contributed by atoms with van der Waals surface area (Å²) in [5.41, 5.74) is 0.189. The average Bonchev–Trinajstić information content (AvgIpc) is 2.24. The zero-order chi connectivity index (χ0) is 10.6. The molecule has 2 rings (SSSR count). The Morgan fingerprint density at radius 1 is 1.27 bits per heavy atom. The number of aliphatic hydroxyl groups is 1. The van der Waals surface area contributed by atoms with Gasteiger partial charge in [-0.25, -0.2) is 0 Å². The van der Waals surface area contributed by atoms with Gasteiger partial charge in [0.2, 0.25) is 0 Å². The van der Waals surface area contributed by atoms with Gasteiger partial charge in [0.05, 0.1) is 6.61 Å². The number of hydrogen-bond donors (Lipinski definition) is 1. The van der Waals surface area contributed by atoms with E-state index in [9.17, 15) is 5.11 Å². The zero-order valence-electron chi connectivity index (χ0n) is 9.41. The van der Waals surface area contributed by atoms with E-state index >= 15 is 0 Å². The Hall–Kier alpha value is -0.120. The van der Waals surface area contributed by atoms with Crippen LogP contribution < -0.4 is 0 Å². The second-order valence-electron chi connectivity index (χ2n) is 4.93. The highest BCUT2D eigenvalue weighted by molar-refractivity contribution is 4.86. The highest BCUT2D eigenvalue weighted by Crippen LogP contribution is 2.43. The van der Waals surface area contributed by atoms with Crippen LogP contribution in [0.2, 0.25) is 0 Å². The van der Waals surface area contributed by atoms with Gasteiger partial charge in [-0.15, -0.1) is 0 Å². The first-order chi connectivity index (χ1) is 7.35. The molecule has 1 atom stereocenters. The van der Waals surface area contributed by atoms with E-state index in [0.717, 1.165) is 26.1 Å². The molecule has 3 heteroatoms. The van der Waals surface area contributed by atoms with Crippen LogP contribution in [-0.4, -0.2) is 31.2 Å². The fraction of sp³-hybridized carbons (Fsp3) is 1.00. The third kappa shape index (κ3) is 2.92. The molecule has 1 N–H and O–H groups in total. The van der Waals surface area contributed by atoms with Crippen molar-refractivity contribution in [3.8, 4) is 0 Å². The highest BCUT2D eigenvalue weighted by atomic mass is 16.7. The fourth-order valence-corrected chi connectivity index (χ4v) is 2.41. The molecule has 1 saturated heterocycles. The minimum absolute atomic E-state index is 0.0227. The summed E-state index contributed by atoms with van der Waals surface area (Å²) in [7, 11) is 0. The molecule has 0 aromatic rings. The van der Waals surface area contributed by atoms with Crippen molar-refractivity contribution < 1.29 is 14.6 Å². The quantitative estimate of drug-likeness (QED) is 0.761. The van der Waals surface area contributed by atoms with Gasteiger partial charge in [-0.2, -0.15) is 0 Å². The highest BCUT2D eigenvalue weighted by Gasteiger charge is 2.35. The van der Waals surface area contributed by atoms with Crippen LogP contribution in [0.4, 0.5) is 0 Å². The molecule has 15 heavy (non-hydrogen) atoms. The van der Waals surface area contributed by atoms with Crippen LogP contribution in [0.3, 0.4) is 0 Å². The van der Waals surface area contributed by atoms with Crippen molar-refractivity contribution in [3.05, 3.63) is 0 Å². The minimum atomic E-state index is 0.0227. The van der Waals surface area contributed by atoms with Crippen LogP contribution >= 0.6 is 0 Å². The van der Waals surface area contributed by atoms with Crippen LogP contribution in [0.1, 0.15) is 44.9 Å². The minimum Gasteiger partial charge on any atom is -0.396 e. The third-order valence-electron chi connectivity index (χ3n) is 3.82. The van der Waals surface area contributed by atoms with Crippen LogP contribution in [0.15, 0.2) is 0 Å². The molecule has 1 heterocycles. The summed E-state index contributed by atoms with van der Waals surface area (Å²) >= 11 is 0. The van der Waals surface area contributed by atoms with E-state index in [0.29, 0.717) is 6.61 Å². The molecule has 1 saturated carbocycles. The first-order valence-electron chi connectivity index (χ1n) is 6.19. The molecule has 88 valence electrons. The lowest BCUT2D eigenvalue weighted by Gasteiger charge is -2.40. The Balaban J connectivity index is 1.61. The molecule has 1 aliphatic heterocycles. The van der Waals surface area contributed by atoms with E-state index in [2.05, 4.69) is 0 Å². The van der Waals surface area contributed by atoms with Gasteiger partial charge in [-0.05, 0) is 43.9 Å². The molecule has 1 aliphatic carbocycles. The smallest absolute Gasteiger partial charge is 0.157 e. The Kier molecular flexibility index (Phi) is 4.00. The number of aliphatic hydroxyl groups excluding tert-OH is 1. The van der Waals surface area contributed by atoms with Crippen LogP contribution in [0.25, 0.3) is 0 Å². The maximum Gasteiger partial charge on any atom is 0.157 e. The molecule has 2 fully saturated rings. The number of ether oxygens (including phenoxy) is 2. The lowest BCUT2D eigenvalue weighted by atomic mass is 9.67. The predicted molar refractivity (Wildman–Crippen MR) is 57.5 cm³/mol. The normalized spacial score (nSPS) is 29.8. The van der Waals surface area contributed by atoms with Gasteiger partial charge in [0.15, 0.2) is 6.29 Å². The van der Waals surface area contributed by atoms with Gasteiger partial charge in [0.25, 0.3) is 0 Å². The second-order valence-corrected chi connectivity index (χ2v) is 4.93. The molecule has 1 unspecified atom stereocenters. The molecule has 2 aliphatic rings. The van der Waals surface area contributed by atoms with Gasteiger partial charge in [-0.1, -0.05) is 6.42 Å². The average molecular weight is 214 g/mol. The molecule has 0 bridgehead atoms. The van der Waals surface area contributed by atoms with Crippen molar-refractivity contribution in [2.24, 2.45) is 5.41 Å². The first kappa shape index (κ1) is 11.4. The van der Waals surface area contributed by atoms with Crippen molar-refractivity contribution in [1.29, 1.82) is 0 Å². The Morgan fingerprint density at radius 2 is 2.13 bits per heavy atom. The Bertz CT molecular complexity index is 178. The molecular weight excluding hydrogens is 192 g/mol. The maximum absolute atomic E-state index is 9.29. The maximum atomic E-state index is 9.29. The van der Waals surface area contributed by atoms with Crippen molar-refractivity contribution in [1.82, 2.24) is 0 Å². The summed E-state index contributed by atoms with van der Waals surface area (Å²) < 4.78 is 11.2. The van der Waals surface area contributed by atoms with Gasteiger partial charge >= 0.3 is 0 Å². The van der Waals surface area contributed by atoms with Crippen LogP contribution in [-0.2, 0) is 9.47 Å². The number of hydrogen-bond acceptors (Lipinski definition) is 3. The molecule has 3 nitrogen and oxygen atoms in total. The topological polar surface area (TPSA) is 38.7 Å².